The number of hydrogen-bond acceptors (Lipinski definition) is 5. The van der Waals surface area contributed by atoms with Crippen molar-refractivity contribution in [2.45, 2.75) is 0 Å². The molecule has 0 bridgehead atoms. The number of methoxy groups -OCH3 is 1. The number of rotatable bonds is 3. The molecule has 27 heavy (non-hydrogen) atoms. The number of phenols is 1. The first kappa shape index (κ1) is 18.9. The molecule has 1 aliphatic rings. The van der Waals surface area contributed by atoms with Crippen LogP contribution < -0.4 is 15.0 Å². The van der Waals surface area contributed by atoms with Crippen LogP contribution in [0.15, 0.2) is 46.4 Å². The van der Waals surface area contributed by atoms with Crippen molar-refractivity contribution in [2.75, 3.05) is 12.0 Å². The second-order valence-corrected chi connectivity index (χ2v) is 6.78. The van der Waals surface area contributed by atoms with Gasteiger partial charge in [-0.25, -0.2) is 9.69 Å². The summed E-state index contributed by atoms with van der Waals surface area (Å²) in [6.07, 6.45) is 1.30. The number of imide groups is 2. The van der Waals surface area contributed by atoms with Crippen molar-refractivity contribution in [3.8, 4) is 11.5 Å². The largest absolute Gasteiger partial charge is 0.503 e. The van der Waals surface area contributed by atoms with Crippen molar-refractivity contribution in [2.24, 2.45) is 0 Å². The van der Waals surface area contributed by atoms with E-state index in [0.717, 1.165) is 4.90 Å². The molecular weight excluding hydrogens is 440 g/mol. The van der Waals surface area contributed by atoms with Crippen LogP contribution in [0.4, 0.5) is 10.5 Å². The van der Waals surface area contributed by atoms with E-state index in [1.165, 1.54) is 37.5 Å². The highest BCUT2D eigenvalue weighted by molar-refractivity contribution is 9.10. The molecule has 2 N–H and O–H groups in total. The predicted molar refractivity (Wildman–Crippen MR) is 103 cm³/mol. The first-order chi connectivity index (χ1) is 12.8. The number of ether oxygens (including phenoxy) is 1. The lowest BCUT2D eigenvalue weighted by Gasteiger charge is -2.26. The quantitative estimate of drug-likeness (QED) is 0.550. The Morgan fingerprint density at radius 2 is 1.96 bits per heavy atom. The van der Waals surface area contributed by atoms with E-state index in [0.29, 0.717) is 15.1 Å². The molecule has 0 atom stereocenters. The lowest BCUT2D eigenvalue weighted by molar-refractivity contribution is -0.122. The maximum atomic E-state index is 12.8. The SMILES string of the molecule is COc1cc(/C=C2\C(=O)NC(=O)N(c3cccc(Cl)c3)C2=O)cc(Br)c1O. The Morgan fingerprint density at radius 1 is 1.22 bits per heavy atom. The van der Waals surface area contributed by atoms with Gasteiger partial charge < -0.3 is 9.84 Å². The fourth-order valence-corrected chi connectivity index (χ4v) is 3.15. The molecule has 1 fully saturated rings. The van der Waals surface area contributed by atoms with Gasteiger partial charge in [0.05, 0.1) is 17.3 Å². The molecule has 138 valence electrons. The van der Waals surface area contributed by atoms with Gasteiger partial charge in [-0.1, -0.05) is 17.7 Å². The number of nitrogens with one attached hydrogen (secondary N) is 1. The van der Waals surface area contributed by atoms with Crippen LogP contribution in [-0.4, -0.2) is 30.1 Å². The van der Waals surface area contributed by atoms with Gasteiger partial charge in [0.2, 0.25) is 0 Å². The topological polar surface area (TPSA) is 95.9 Å². The second kappa shape index (κ2) is 7.42. The summed E-state index contributed by atoms with van der Waals surface area (Å²) in [6.45, 7) is 0. The van der Waals surface area contributed by atoms with Crippen LogP contribution in [-0.2, 0) is 9.59 Å². The summed E-state index contributed by atoms with van der Waals surface area (Å²) in [5.41, 5.74) is 0.387. The molecule has 1 heterocycles. The second-order valence-electron chi connectivity index (χ2n) is 5.49. The number of phenolic OH excluding ortho intramolecular Hbond substituents is 1. The third-order valence-electron chi connectivity index (χ3n) is 3.75. The Hall–Kier alpha value is -2.84. The number of anilines is 1. The van der Waals surface area contributed by atoms with Gasteiger partial charge >= 0.3 is 6.03 Å². The van der Waals surface area contributed by atoms with Crippen LogP contribution in [0.1, 0.15) is 5.56 Å². The standard InChI is InChI=1S/C18H12BrClN2O5/c1-27-14-7-9(6-13(19)15(14)23)5-12-16(24)21-18(26)22(17(12)25)11-4-2-3-10(20)8-11/h2-8,23H,1H3,(H,21,24,26)/b12-5+. The van der Waals surface area contributed by atoms with Gasteiger partial charge in [-0.05, 0) is 57.9 Å². The highest BCUT2D eigenvalue weighted by Crippen LogP contribution is 2.36. The zero-order valence-corrected chi connectivity index (χ0v) is 16.2. The molecule has 0 radical (unpaired) electrons. The molecule has 0 aromatic heterocycles. The summed E-state index contributed by atoms with van der Waals surface area (Å²) in [4.78, 5) is 38.0. The smallest absolute Gasteiger partial charge is 0.335 e. The Balaban J connectivity index is 2.06. The van der Waals surface area contributed by atoms with Gasteiger partial charge in [-0.15, -0.1) is 0 Å². The number of nitrogens with zero attached hydrogens (tertiary/aromatic N) is 1. The Kier molecular flexibility index (Phi) is 5.20. The first-order valence-corrected chi connectivity index (χ1v) is 8.72. The van der Waals surface area contributed by atoms with Crippen LogP contribution in [0, 0.1) is 0 Å². The fourth-order valence-electron chi connectivity index (χ4n) is 2.51. The summed E-state index contributed by atoms with van der Waals surface area (Å²) in [5.74, 6) is -1.59. The average molecular weight is 452 g/mol. The molecule has 0 spiro atoms. The average Bonchev–Trinajstić information content (AvgIpc) is 2.61. The van der Waals surface area contributed by atoms with Crippen molar-refractivity contribution < 1.29 is 24.2 Å². The maximum absolute atomic E-state index is 12.8. The van der Waals surface area contributed by atoms with E-state index >= 15 is 0 Å². The van der Waals surface area contributed by atoms with E-state index < -0.39 is 17.8 Å². The molecule has 9 heteroatoms. The molecule has 0 saturated carbocycles. The number of aromatic hydroxyl groups is 1. The molecule has 1 aliphatic heterocycles. The number of carbonyl (C=O) groups excluding carboxylic acids is 3. The van der Waals surface area contributed by atoms with Gasteiger partial charge in [-0.3, -0.25) is 14.9 Å². The molecule has 2 aromatic carbocycles. The molecule has 4 amide bonds. The Labute approximate surface area is 167 Å². The van der Waals surface area contributed by atoms with E-state index in [-0.39, 0.29) is 22.8 Å². The summed E-state index contributed by atoms with van der Waals surface area (Å²) in [5, 5.41) is 12.3. The van der Waals surface area contributed by atoms with Crippen molar-refractivity contribution in [1.29, 1.82) is 0 Å². The van der Waals surface area contributed by atoms with E-state index in [4.69, 9.17) is 16.3 Å². The van der Waals surface area contributed by atoms with Crippen molar-refractivity contribution in [3.63, 3.8) is 0 Å². The van der Waals surface area contributed by atoms with Crippen LogP contribution in [0.2, 0.25) is 5.02 Å². The number of carbonyl (C=O) groups is 3. The lowest BCUT2D eigenvalue weighted by Crippen LogP contribution is -2.54. The van der Waals surface area contributed by atoms with Crippen LogP contribution in [0.3, 0.4) is 0 Å². The van der Waals surface area contributed by atoms with E-state index in [1.807, 2.05) is 0 Å². The normalized spacial score (nSPS) is 15.9. The van der Waals surface area contributed by atoms with Gasteiger partial charge in [0.1, 0.15) is 5.57 Å². The van der Waals surface area contributed by atoms with Crippen molar-refractivity contribution in [1.82, 2.24) is 5.32 Å². The zero-order valence-electron chi connectivity index (χ0n) is 13.8. The third kappa shape index (κ3) is 3.67. The molecule has 0 aliphatic carbocycles. The van der Waals surface area contributed by atoms with Crippen molar-refractivity contribution in [3.05, 3.63) is 57.0 Å². The van der Waals surface area contributed by atoms with Gasteiger partial charge in [-0.2, -0.15) is 0 Å². The predicted octanol–water partition coefficient (Wildman–Crippen LogP) is 3.48. The zero-order chi connectivity index (χ0) is 19.7. The highest BCUT2D eigenvalue weighted by atomic mass is 79.9. The van der Waals surface area contributed by atoms with Crippen LogP contribution in [0.25, 0.3) is 6.08 Å². The summed E-state index contributed by atoms with van der Waals surface area (Å²) in [6, 6.07) is 8.23. The summed E-state index contributed by atoms with van der Waals surface area (Å²) in [7, 11) is 1.37. The van der Waals surface area contributed by atoms with E-state index in [9.17, 15) is 19.5 Å². The fraction of sp³-hybridized carbons (Fsp3) is 0.0556. The van der Waals surface area contributed by atoms with Gasteiger partial charge in [0.15, 0.2) is 11.5 Å². The van der Waals surface area contributed by atoms with E-state index in [2.05, 4.69) is 21.2 Å². The summed E-state index contributed by atoms with van der Waals surface area (Å²) >= 11 is 9.10. The maximum Gasteiger partial charge on any atom is 0.335 e. The highest BCUT2D eigenvalue weighted by Gasteiger charge is 2.36. The molecule has 2 aromatic rings. The molecule has 0 unspecified atom stereocenters. The minimum Gasteiger partial charge on any atom is -0.503 e. The van der Waals surface area contributed by atoms with Gasteiger partial charge in [0.25, 0.3) is 11.8 Å². The third-order valence-corrected chi connectivity index (χ3v) is 4.59. The number of urea groups is 1. The molecule has 7 nitrogen and oxygen atoms in total. The van der Waals surface area contributed by atoms with Gasteiger partial charge in [0, 0.05) is 5.02 Å². The van der Waals surface area contributed by atoms with Crippen LogP contribution >= 0.6 is 27.5 Å². The summed E-state index contributed by atoms with van der Waals surface area (Å²) < 4.78 is 5.38. The van der Waals surface area contributed by atoms with Crippen LogP contribution in [0.5, 0.6) is 11.5 Å². The first-order valence-electron chi connectivity index (χ1n) is 7.55. The monoisotopic (exact) mass is 450 g/mol. The number of hydrogen-bond donors (Lipinski definition) is 2. The number of halogens is 2. The van der Waals surface area contributed by atoms with Crippen molar-refractivity contribution >= 4 is 57.1 Å². The minimum absolute atomic E-state index is 0.116. The molecular formula is C18H12BrClN2O5. The molecule has 3 rings (SSSR count). The lowest BCUT2D eigenvalue weighted by atomic mass is 10.1. The number of amides is 4. The number of barbiturate groups is 1. The minimum atomic E-state index is -0.867. The molecule has 1 saturated heterocycles. The Morgan fingerprint density at radius 3 is 2.63 bits per heavy atom. The van der Waals surface area contributed by atoms with E-state index in [1.54, 1.807) is 12.1 Å². The Bertz CT molecular complexity index is 1010. The number of benzene rings is 2.